The summed E-state index contributed by atoms with van der Waals surface area (Å²) in [5.41, 5.74) is 2.49. The Labute approximate surface area is 256 Å². The molecule has 4 N–H and O–H groups in total. The van der Waals surface area contributed by atoms with E-state index in [2.05, 4.69) is 15.6 Å². The van der Waals surface area contributed by atoms with Crippen LogP contribution in [0.25, 0.3) is 0 Å². The molecule has 0 saturated heterocycles. The lowest BCUT2D eigenvalue weighted by Gasteiger charge is -2.27. The molecule has 0 saturated carbocycles. The summed E-state index contributed by atoms with van der Waals surface area (Å²) in [6.07, 6.45) is 5.11. The predicted octanol–water partition coefficient (Wildman–Crippen LogP) is 3.74. The first kappa shape index (κ1) is 30.8. The van der Waals surface area contributed by atoms with Crippen molar-refractivity contribution in [3.63, 3.8) is 0 Å². The van der Waals surface area contributed by atoms with Crippen LogP contribution in [-0.2, 0) is 28.3 Å². The van der Waals surface area contributed by atoms with Crippen molar-refractivity contribution < 1.29 is 24.9 Å². The molecule has 0 aliphatic carbocycles. The highest BCUT2D eigenvalue weighted by Gasteiger charge is 2.52. The van der Waals surface area contributed by atoms with Crippen molar-refractivity contribution in [3.8, 4) is 0 Å². The number of carbonyl (C=O) groups excluding carboxylic acids is 2. The predicted molar refractivity (Wildman–Crippen MR) is 167 cm³/mol. The van der Waals surface area contributed by atoms with Gasteiger partial charge in [-0.25, -0.2) is 0 Å². The van der Waals surface area contributed by atoms with Crippen molar-refractivity contribution >= 4 is 23.2 Å². The van der Waals surface area contributed by atoms with Gasteiger partial charge in [-0.05, 0) is 42.7 Å². The second-order valence-electron chi connectivity index (χ2n) is 11.1. The van der Waals surface area contributed by atoms with Gasteiger partial charge in [-0.15, -0.1) is 5.10 Å². The first-order valence-corrected chi connectivity index (χ1v) is 14.7. The summed E-state index contributed by atoms with van der Waals surface area (Å²) in [4.78, 5) is 27.2. The van der Waals surface area contributed by atoms with Gasteiger partial charge in [0.2, 0.25) is 0 Å². The Hall–Kier alpha value is -4.64. The number of fused-ring (bicyclic) bond motifs is 1. The topological polar surface area (TPSA) is 141 Å². The monoisotopic (exact) mass is 595 g/mol. The quantitative estimate of drug-likeness (QED) is 0.183. The fourth-order valence-corrected chi connectivity index (χ4v) is 5.47. The van der Waals surface area contributed by atoms with Gasteiger partial charge in [0.25, 0.3) is 11.8 Å². The van der Waals surface area contributed by atoms with Gasteiger partial charge in [0.05, 0.1) is 30.5 Å². The number of nitrogens with zero attached hydrogens (tertiary/aromatic N) is 4. The van der Waals surface area contributed by atoms with Crippen LogP contribution in [0.1, 0.15) is 48.6 Å². The second kappa shape index (κ2) is 13.3. The van der Waals surface area contributed by atoms with Crippen molar-refractivity contribution in [1.82, 2.24) is 15.0 Å². The maximum absolute atomic E-state index is 13.8. The average Bonchev–Trinajstić information content (AvgIpc) is 3.58. The van der Waals surface area contributed by atoms with Crippen LogP contribution >= 0.6 is 0 Å². The fourth-order valence-electron chi connectivity index (χ4n) is 5.47. The molecule has 228 valence electrons. The lowest BCUT2D eigenvalue weighted by molar-refractivity contribution is -0.139. The number of aliphatic hydroxyl groups is 3. The van der Waals surface area contributed by atoms with E-state index in [0.717, 1.165) is 11.1 Å². The minimum atomic E-state index is -1.73. The summed E-state index contributed by atoms with van der Waals surface area (Å²) in [7, 11) is 0. The number of aliphatic hydroxyl groups excluding tert-OH is 2. The molecule has 1 aliphatic heterocycles. The fraction of sp³-hybridized carbons (Fsp3) is 0.294. The Morgan fingerprint density at radius 2 is 1.73 bits per heavy atom. The van der Waals surface area contributed by atoms with Gasteiger partial charge in [0, 0.05) is 29.9 Å². The van der Waals surface area contributed by atoms with Crippen molar-refractivity contribution in [2.75, 3.05) is 16.8 Å². The normalized spacial score (nSPS) is 18.3. The molecule has 1 aliphatic rings. The van der Waals surface area contributed by atoms with Gasteiger partial charge in [0.1, 0.15) is 6.10 Å². The second-order valence-corrected chi connectivity index (χ2v) is 11.1. The zero-order valence-corrected chi connectivity index (χ0v) is 24.7. The molecule has 0 spiro atoms. The van der Waals surface area contributed by atoms with E-state index in [1.165, 1.54) is 6.92 Å². The molecule has 4 atom stereocenters. The highest BCUT2D eigenvalue weighted by atomic mass is 16.3. The standard InChI is InChI=1S/C34H37N5O5/c1-23(10-8-9-19-38-21-30(36-37-38)28(22-40)26-11-4-3-5-12-26)34(44)29-13-6-7-14-31(29)39(33(34)43)20-25-15-17-27(18-16-25)35-32(42)24(2)41/h3-8,10-18,21,23-24,28,40-41,44H,9,19-20,22H2,1-2H3,(H,35,42)/b10-8+/t23-,24-,28?,34+/m0/s1. The molecule has 5 rings (SSSR count). The molecule has 2 amide bonds. The van der Waals surface area contributed by atoms with Crippen molar-refractivity contribution in [1.29, 1.82) is 0 Å². The first-order chi connectivity index (χ1) is 21.2. The van der Waals surface area contributed by atoms with E-state index in [1.54, 1.807) is 39.9 Å². The minimum absolute atomic E-state index is 0.0707. The Kier molecular flexibility index (Phi) is 9.34. The number of benzene rings is 3. The van der Waals surface area contributed by atoms with Gasteiger partial charge >= 0.3 is 0 Å². The van der Waals surface area contributed by atoms with E-state index in [0.29, 0.717) is 35.6 Å². The average molecular weight is 596 g/mol. The third kappa shape index (κ3) is 6.33. The lowest BCUT2D eigenvalue weighted by Crippen LogP contribution is -2.44. The maximum atomic E-state index is 13.8. The number of hydrogen-bond donors (Lipinski definition) is 4. The van der Waals surface area contributed by atoms with E-state index in [4.69, 9.17) is 0 Å². The largest absolute Gasteiger partial charge is 0.395 e. The zero-order valence-electron chi connectivity index (χ0n) is 24.7. The summed E-state index contributed by atoms with van der Waals surface area (Å²) in [6, 6.07) is 24.0. The van der Waals surface area contributed by atoms with Crippen LogP contribution < -0.4 is 10.2 Å². The van der Waals surface area contributed by atoms with E-state index >= 15 is 0 Å². The number of para-hydroxylation sites is 1. The summed E-state index contributed by atoms with van der Waals surface area (Å²) in [5, 5.41) is 42.3. The molecule has 10 nitrogen and oxygen atoms in total. The molecule has 3 aromatic carbocycles. The Morgan fingerprint density at radius 3 is 2.43 bits per heavy atom. The maximum Gasteiger partial charge on any atom is 0.264 e. The van der Waals surface area contributed by atoms with Gasteiger partial charge in [-0.2, -0.15) is 0 Å². The van der Waals surface area contributed by atoms with Crippen LogP contribution in [0.4, 0.5) is 11.4 Å². The van der Waals surface area contributed by atoms with Crippen LogP contribution in [0, 0.1) is 5.92 Å². The number of aryl methyl sites for hydroxylation is 1. The number of nitrogens with one attached hydrogen (secondary N) is 1. The number of allylic oxidation sites excluding steroid dienone is 1. The molecular formula is C34H37N5O5. The molecule has 0 bridgehead atoms. The Bertz CT molecular complexity index is 1620. The van der Waals surface area contributed by atoms with Crippen LogP contribution in [-0.4, -0.2) is 54.8 Å². The van der Waals surface area contributed by atoms with Gasteiger partial charge in [0.15, 0.2) is 5.60 Å². The summed E-state index contributed by atoms with van der Waals surface area (Å²) >= 11 is 0. The first-order valence-electron chi connectivity index (χ1n) is 14.7. The summed E-state index contributed by atoms with van der Waals surface area (Å²) in [5.74, 6) is -1.67. The third-order valence-corrected chi connectivity index (χ3v) is 8.02. The number of hydrogen-bond acceptors (Lipinski definition) is 7. The van der Waals surface area contributed by atoms with E-state index < -0.39 is 29.4 Å². The molecule has 0 radical (unpaired) electrons. The number of anilines is 2. The Morgan fingerprint density at radius 1 is 1.02 bits per heavy atom. The van der Waals surface area contributed by atoms with E-state index in [9.17, 15) is 24.9 Å². The van der Waals surface area contributed by atoms with Crippen molar-refractivity contribution in [2.45, 2.75) is 51.0 Å². The zero-order chi connectivity index (χ0) is 31.3. The highest BCUT2D eigenvalue weighted by Crippen LogP contribution is 2.45. The molecule has 1 aromatic heterocycles. The molecule has 4 aromatic rings. The smallest absolute Gasteiger partial charge is 0.264 e. The van der Waals surface area contributed by atoms with E-state index in [1.807, 2.05) is 73.8 Å². The van der Waals surface area contributed by atoms with Crippen molar-refractivity contribution in [2.24, 2.45) is 5.92 Å². The molecule has 10 heteroatoms. The molecule has 0 fully saturated rings. The third-order valence-electron chi connectivity index (χ3n) is 8.02. The molecular weight excluding hydrogens is 558 g/mol. The molecule has 2 heterocycles. The molecule has 1 unspecified atom stereocenters. The van der Waals surface area contributed by atoms with Crippen LogP contribution in [0.5, 0.6) is 0 Å². The number of aromatic nitrogens is 3. The van der Waals surface area contributed by atoms with E-state index in [-0.39, 0.29) is 19.1 Å². The van der Waals surface area contributed by atoms with Crippen LogP contribution in [0.2, 0.25) is 0 Å². The number of carbonyl (C=O) groups is 2. The van der Waals surface area contributed by atoms with Gasteiger partial charge in [-0.1, -0.05) is 85.0 Å². The van der Waals surface area contributed by atoms with Crippen LogP contribution in [0.3, 0.4) is 0 Å². The molecule has 44 heavy (non-hydrogen) atoms. The summed E-state index contributed by atoms with van der Waals surface area (Å²) < 4.78 is 1.73. The Balaban J connectivity index is 1.24. The lowest BCUT2D eigenvalue weighted by atomic mass is 9.83. The van der Waals surface area contributed by atoms with Gasteiger partial charge < -0.3 is 25.5 Å². The number of rotatable bonds is 12. The SMILES string of the molecule is C[C@H](O)C(=O)Nc1ccc(CN2C(=O)[C@@](O)([C@@H](C)/C=C/CCn3cc(C(CO)c4ccccc4)nn3)c3ccccc32)cc1. The van der Waals surface area contributed by atoms with Crippen LogP contribution in [0.15, 0.2) is 97.2 Å². The van der Waals surface area contributed by atoms with Crippen molar-refractivity contribution in [3.05, 3.63) is 120 Å². The number of amides is 2. The summed E-state index contributed by atoms with van der Waals surface area (Å²) in [6.45, 7) is 3.94. The minimum Gasteiger partial charge on any atom is -0.395 e. The highest BCUT2D eigenvalue weighted by molar-refractivity contribution is 6.07. The van der Waals surface area contributed by atoms with Gasteiger partial charge in [-0.3, -0.25) is 14.3 Å².